The minimum absolute atomic E-state index is 0.114. The van der Waals surface area contributed by atoms with E-state index in [4.69, 9.17) is 16.3 Å². The summed E-state index contributed by atoms with van der Waals surface area (Å²) in [7, 11) is 0. The Bertz CT molecular complexity index is 300. The predicted octanol–water partition coefficient (Wildman–Crippen LogP) is 0.499. The zero-order valence-electron chi connectivity index (χ0n) is 7.15. The van der Waals surface area contributed by atoms with Crippen LogP contribution >= 0.6 is 11.6 Å². The summed E-state index contributed by atoms with van der Waals surface area (Å²) in [5, 5.41) is 3.87. The van der Waals surface area contributed by atoms with E-state index in [0.717, 1.165) is 0 Å². The lowest BCUT2D eigenvalue weighted by atomic mass is 10.5. The molecule has 0 radical (unpaired) electrons. The second-order valence-corrected chi connectivity index (χ2v) is 2.76. The summed E-state index contributed by atoms with van der Waals surface area (Å²) < 4.78 is 6.47. The van der Waals surface area contributed by atoms with Crippen LogP contribution in [-0.2, 0) is 11.3 Å². The highest BCUT2D eigenvalue weighted by Gasteiger charge is 1.94. The Kier molecular flexibility index (Phi) is 4.49. The summed E-state index contributed by atoms with van der Waals surface area (Å²) in [6, 6.07) is 3.08. The Morgan fingerprint density at radius 3 is 3.08 bits per heavy atom. The lowest BCUT2D eigenvalue weighted by Crippen LogP contribution is -2.23. The van der Waals surface area contributed by atoms with E-state index in [1.807, 2.05) is 0 Å². The predicted molar refractivity (Wildman–Crippen MR) is 50.0 cm³/mol. The molecule has 72 valence electrons. The maximum Gasteiger partial charge on any atom is 0.266 e. The van der Waals surface area contributed by atoms with Gasteiger partial charge in [-0.3, -0.25) is 4.79 Å². The summed E-state index contributed by atoms with van der Waals surface area (Å²) in [4.78, 5) is 11.1. The number of aromatic nitrogens is 2. The minimum atomic E-state index is -0.114. The van der Waals surface area contributed by atoms with E-state index in [9.17, 15) is 4.79 Å². The van der Waals surface area contributed by atoms with Gasteiger partial charge in [-0.1, -0.05) is 0 Å². The Hall–Kier alpha value is -0.870. The van der Waals surface area contributed by atoms with E-state index in [0.29, 0.717) is 25.6 Å². The van der Waals surface area contributed by atoms with Crippen molar-refractivity contribution in [1.29, 1.82) is 0 Å². The number of ether oxygens (including phenoxy) is 1. The first-order valence-electron chi connectivity index (χ1n) is 4.00. The van der Waals surface area contributed by atoms with Gasteiger partial charge in [0.25, 0.3) is 5.56 Å². The number of hydrogen-bond acceptors (Lipinski definition) is 3. The molecule has 1 aromatic rings. The standard InChI is InChI=1S/C8H11ClN2O2/c9-3-6-13-7-5-11-8(12)2-1-4-10-11/h1-2,4H,3,5-7H2. The van der Waals surface area contributed by atoms with Crippen molar-refractivity contribution in [3.8, 4) is 0 Å². The van der Waals surface area contributed by atoms with Gasteiger partial charge in [-0.2, -0.15) is 5.10 Å². The molecule has 0 fully saturated rings. The second-order valence-electron chi connectivity index (χ2n) is 2.39. The minimum Gasteiger partial charge on any atom is -0.378 e. The first-order valence-corrected chi connectivity index (χ1v) is 4.54. The van der Waals surface area contributed by atoms with Crippen LogP contribution in [0.5, 0.6) is 0 Å². The molecule has 0 aliphatic rings. The molecule has 5 heteroatoms. The van der Waals surface area contributed by atoms with Crippen LogP contribution in [0.4, 0.5) is 0 Å². The van der Waals surface area contributed by atoms with E-state index >= 15 is 0 Å². The fraction of sp³-hybridized carbons (Fsp3) is 0.500. The molecular formula is C8H11ClN2O2. The van der Waals surface area contributed by atoms with Crippen molar-refractivity contribution in [3.63, 3.8) is 0 Å². The van der Waals surface area contributed by atoms with Gasteiger partial charge in [0, 0.05) is 18.1 Å². The highest BCUT2D eigenvalue weighted by molar-refractivity contribution is 6.17. The monoisotopic (exact) mass is 202 g/mol. The van der Waals surface area contributed by atoms with Crippen LogP contribution in [0.25, 0.3) is 0 Å². The third-order valence-corrected chi connectivity index (χ3v) is 1.61. The summed E-state index contributed by atoms with van der Waals surface area (Å²) in [6.45, 7) is 1.43. The van der Waals surface area contributed by atoms with Crippen LogP contribution < -0.4 is 5.56 Å². The Balaban J connectivity index is 2.37. The Morgan fingerprint density at radius 2 is 2.38 bits per heavy atom. The number of rotatable bonds is 5. The molecule has 0 spiro atoms. The van der Waals surface area contributed by atoms with Crippen LogP contribution in [0.1, 0.15) is 0 Å². The number of nitrogens with zero attached hydrogens (tertiary/aromatic N) is 2. The van der Waals surface area contributed by atoms with E-state index in [1.165, 1.54) is 10.7 Å². The van der Waals surface area contributed by atoms with Crippen molar-refractivity contribution in [2.75, 3.05) is 19.1 Å². The molecule has 0 bridgehead atoms. The molecule has 0 N–H and O–H groups in total. The quantitative estimate of drug-likeness (QED) is 0.516. The second kappa shape index (κ2) is 5.72. The first-order chi connectivity index (χ1) is 6.34. The fourth-order valence-corrected chi connectivity index (χ4v) is 0.972. The van der Waals surface area contributed by atoms with E-state index in [2.05, 4.69) is 5.10 Å². The normalized spacial score (nSPS) is 10.2. The van der Waals surface area contributed by atoms with Crippen LogP contribution in [0.2, 0.25) is 0 Å². The summed E-state index contributed by atoms with van der Waals surface area (Å²) in [5.41, 5.74) is -0.114. The van der Waals surface area contributed by atoms with Gasteiger partial charge in [0.15, 0.2) is 0 Å². The first kappa shape index (κ1) is 10.2. The van der Waals surface area contributed by atoms with Gasteiger partial charge in [-0.05, 0) is 6.07 Å². The molecule has 1 heterocycles. The molecule has 0 unspecified atom stereocenters. The van der Waals surface area contributed by atoms with Gasteiger partial charge in [-0.15, -0.1) is 11.6 Å². The zero-order chi connectivity index (χ0) is 9.52. The highest BCUT2D eigenvalue weighted by Crippen LogP contribution is 1.81. The fourth-order valence-electron chi connectivity index (χ4n) is 0.863. The summed E-state index contributed by atoms with van der Waals surface area (Å²) in [5.74, 6) is 0.469. The summed E-state index contributed by atoms with van der Waals surface area (Å²) >= 11 is 5.41. The van der Waals surface area contributed by atoms with Crippen molar-refractivity contribution in [2.45, 2.75) is 6.54 Å². The molecule has 4 nitrogen and oxygen atoms in total. The van der Waals surface area contributed by atoms with Gasteiger partial charge in [0.2, 0.25) is 0 Å². The molecule has 0 saturated carbocycles. The molecule has 1 aromatic heterocycles. The van der Waals surface area contributed by atoms with Crippen molar-refractivity contribution in [2.24, 2.45) is 0 Å². The molecule has 0 amide bonds. The smallest absolute Gasteiger partial charge is 0.266 e. The molecule has 1 rings (SSSR count). The van der Waals surface area contributed by atoms with Crippen molar-refractivity contribution in [3.05, 3.63) is 28.7 Å². The molecule has 13 heavy (non-hydrogen) atoms. The lowest BCUT2D eigenvalue weighted by molar-refractivity contribution is 0.136. The van der Waals surface area contributed by atoms with Crippen LogP contribution in [0, 0.1) is 0 Å². The topological polar surface area (TPSA) is 44.1 Å². The number of hydrogen-bond donors (Lipinski definition) is 0. The van der Waals surface area contributed by atoms with Crippen LogP contribution in [0.3, 0.4) is 0 Å². The van der Waals surface area contributed by atoms with Crippen LogP contribution in [-0.4, -0.2) is 28.9 Å². The average Bonchev–Trinajstić information content (AvgIpc) is 2.15. The molecule has 0 saturated heterocycles. The van der Waals surface area contributed by atoms with Gasteiger partial charge in [0.1, 0.15) is 0 Å². The van der Waals surface area contributed by atoms with Crippen molar-refractivity contribution >= 4 is 11.6 Å². The molecule has 0 aliphatic heterocycles. The van der Waals surface area contributed by atoms with Crippen molar-refractivity contribution in [1.82, 2.24) is 9.78 Å². The number of halogens is 1. The molecule has 0 aliphatic carbocycles. The maximum absolute atomic E-state index is 11.1. The van der Waals surface area contributed by atoms with Gasteiger partial charge in [0.05, 0.1) is 19.8 Å². The molecular weight excluding hydrogens is 192 g/mol. The third-order valence-electron chi connectivity index (χ3n) is 1.45. The highest BCUT2D eigenvalue weighted by atomic mass is 35.5. The third kappa shape index (κ3) is 3.57. The maximum atomic E-state index is 11.1. The Morgan fingerprint density at radius 1 is 1.54 bits per heavy atom. The molecule has 0 atom stereocenters. The van der Waals surface area contributed by atoms with E-state index in [1.54, 1.807) is 12.3 Å². The zero-order valence-corrected chi connectivity index (χ0v) is 7.91. The van der Waals surface area contributed by atoms with E-state index in [-0.39, 0.29) is 5.56 Å². The van der Waals surface area contributed by atoms with Gasteiger partial charge >= 0.3 is 0 Å². The summed E-state index contributed by atoms with van der Waals surface area (Å²) in [6.07, 6.45) is 1.57. The van der Waals surface area contributed by atoms with Crippen molar-refractivity contribution < 1.29 is 4.74 Å². The Labute approximate surface area is 81.1 Å². The van der Waals surface area contributed by atoms with Gasteiger partial charge in [-0.25, -0.2) is 4.68 Å². The van der Waals surface area contributed by atoms with E-state index < -0.39 is 0 Å². The van der Waals surface area contributed by atoms with Gasteiger partial charge < -0.3 is 4.74 Å². The average molecular weight is 203 g/mol. The molecule has 0 aromatic carbocycles. The lowest BCUT2D eigenvalue weighted by Gasteiger charge is -2.03. The van der Waals surface area contributed by atoms with Crippen LogP contribution in [0.15, 0.2) is 23.1 Å². The number of alkyl halides is 1. The largest absolute Gasteiger partial charge is 0.378 e. The SMILES string of the molecule is O=c1cccnn1CCOCCCl.